The summed E-state index contributed by atoms with van der Waals surface area (Å²) >= 11 is 5.86. The molecule has 0 aliphatic carbocycles. The summed E-state index contributed by atoms with van der Waals surface area (Å²) in [7, 11) is 0. The molecule has 0 aliphatic heterocycles. The van der Waals surface area contributed by atoms with Crippen molar-refractivity contribution in [2.45, 2.75) is 0 Å². The minimum atomic E-state index is -0.338. The Morgan fingerprint density at radius 1 is 1.08 bits per heavy atom. The van der Waals surface area contributed by atoms with Crippen molar-refractivity contribution >= 4 is 29.4 Å². The highest BCUT2D eigenvalue weighted by Crippen LogP contribution is 2.23. The molecule has 0 atom stereocenters. The van der Waals surface area contributed by atoms with E-state index in [0.717, 1.165) is 5.56 Å². The summed E-state index contributed by atoms with van der Waals surface area (Å²) in [6.45, 7) is 0.0111. The van der Waals surface area contributed by atoms with Gasteiger partial charge in [0.2, 0.25) is 0 Å². The van der Waals surface area contributed by atoms with Crippen molar-refractivity contribution in [2.24, 2.45) is 5.10 Å². The maximum absolute atomic E-state index is 12.8. The lowest BCUT2D eigenvalue weighted by molar-refractivity contribution is -0.119. The molecule has 0 spiro atoms. The Morgan fingerprint density at radius 3 is 2.54 bits per heavy atom. The van der Waals surface area contributed by atoms with Crippen molar-refractivity contribution in [3.8, 4) is 11.3 Å². The first kappa shape index (κ1) is 17.7. The van der Waals surface area contributed by atoms with Gasteiger partial charge in [0.05, 0.1) is 12.8 Å². The van der Waals surface area contributed by atoms with Gasteiger partial charge in [0.15, 0.2) is 0 Å². The van der Waals surface area contributed by atoms with Gasteiger partial charge in [-0.1, -0.05) is 11.6 Å². The molecular formula is C19H15ClFN3O2. The first-order valence-corrected chi connectivity index (χ1v) is 8.15. The molecule has 0 saturated heterocycles. The molecule has 7 heteroatoms. The topological polar surface area (TPSA) is 66.6 Å². The number of halogens is 2. The lowest BCUT2D eigenvalue weighted by atomic mass is 10.2. The van der Waals surface area contributed by atoms with Crippen molar-refractivity contribution in [1.29, 1.82) is 0 Å². The summed E-state index contributed by atoms with van der Waals surface area (Å²) in [5.41, 5.74) is 3.92. The minimum absolute atomic E-state index is 0.0111. The maximum atomic E-state index is 12.8. The minimum Gasteiger partial charge on any atom is -0.455 e. The van der Waals surface area contributed by atoms with E-state index in [4.69, 9.17) is 16.0 Å². The average molecular weight is 372 g/mol. The number of amides is 1. The molecule has 2 aromatic carbocycles. The summed E-state index contributed by atoms with van der Waals surface area (Å²) in [6, 6.07) is 16.5. The Labute approximate surface area is 154 Å². The summed E-state index contributed by atoms with van der Waals surface area (Å²) in [5.74, 6) is 0.505. The monoisotopic (exact) mass is 371 g/mol. The van der Waals surface area contributed by atoms with E-state index in [-0.39, 0.29) is 18.3 Å². The van der Waals surface area contributed by atoms with Gasteiger partial charge in [-0.15, -0.1) is 0 Å². The van der Waals surface area contributed by atoms with Crippen molar-refractivity contribution in [1.82, 2.24) is 5.43 Å². The van der Waals surface area contributed by atoms with Crippen LogP contribution in [-0.2, 0) is 4.79 Å². The average Bonchev–Trinajstić information content (AvgIpc) is 3.11. The molecule has 1 amide bonds. The number of hydrazone groups is 1. The van der Waals surface area contributed by atoms with E-state index >= 15 is 0 Å². The SMILES string of the molecule is O=C(CNc1ccc(F)cc1)N/N=C\c1ccc(-c2ccc(Cl)cc2)o1. The molecule has 26 heavy (non-hydrogen) atoms. The van der Waals surface area contributed by atoms with E-state index in [1.807, 2.05) is 18.2 Å². The number of nitrogens with zero attached hydrogens (tertiary/aromatic N) is 1. The van der Waals surface area contributed by atoms with Crippen LogP contribution in [0.15, 0.2) is 70.2 Å². The molecule has 3 rings (SSSR count). The Bertz CT molecular complexity index is 905. The number of hydrogen-bond acceptors (Lipinski definition) is 4. The molecular weight excluding hydrogens is 357 g/mol. The number of benzene rings is 2. The predicted octanol–water partition coefficient (Wildman–Crippen LogP) is 4.30. The second kappa shape index (κ2) is 8.31. The molecule has 5 nitrogen and oxygen atoms in total. The number of nitrogens with one attached hydrogen (secondary N) is 2. The van der Waals surface area contributed by atoms with Crippen LogP contribution in [0.2, 0.25) is 5.02 Å². The zero-order chi connectivity index (χ0) is 18.4. The molecule has 1 heterocycles. The first-order chi connectivity index (χ1) is 12.6. The van der Waals surface area contributed by atoms with Crippen molar-refractivity contribution in [2.75, 3.05) is 11.9 Å². The van der Waals surface area contributed by atoms with Crippen LogP contribution in [0.4, 0.5) is 10.1 Å². The lowest BCUT2D eigenvalue weighted by Crippen LogP contribution is -2.25. The number of carbonyl (C=O) groups excluding carboxylic acids is 1. The quantitative estimate of drug-likeness (QED) is 0.501. The number of hydrogen-bond donors (Lipinski definition) is 2. The fourth-order valence-electron chi connectivity index (χ4n) is 2.15. The molecule has 0 aliphatic rings. The molecule has 1 aromatic heterocycles. The van der Waals surface area contributed by atoms with Gasteiger partial charge in [-0.25, -0.2) is 9.82 Å². The highest BCUT2D eigenvalue weighted by molar-refractivity contribution is 6.30. The van der Waals surface area contributed by atoms with Crippen LogP contribution in [-0.4, -0.2) is 18.7 Å². The highest BCUT2D eigenvalue weighted by Gasteiger charge is 2.04. The van der Waals surface area contributed by atoms with Gasteiger partial charge in [-0.3, -0.25) is 4.79 Å². The van der Waals surface area contributed by atoms with Crippen LogP contribution in [0.25, 0.3) is 11.3 Å². The smallest absolute Gasteiger partial charge is 0.259 e. The van der Waals surface area contributed by atoms with Gasteiger partial charge in [-0.05, 0) is 60.7 Å². The third-order valence-electron chi connectivity index (χ3n) is 3.43. The summed E-state index contributed by atoms with van der Waals surface area (Å²) in [4.78, 5) is 11.7. The summed E-state index contributed by atoms with van der Waals surface area (Å²) in [6.07, 6.45) is 1.41. The van der Waals surface area contributed by atoms with Crippen LogP contribution in [0.3, 0.4) is 0 Å². The number of rotatable bonds is 6. The standard InChI is InChI=1S/C19H15ClFN3O2/c20-14-3-1-13(2-4-14)18-10-9-17(26-18)11-23-24-19(25)12-22-16-7-5-15(21)6-8-16/h1-11,22H,12H2,(H,24,25)/b23-11-. The third-order valence-corrected chi connectivity index (χ3v) is 3.69. The number of furan rings is 1. The Balaban J connectivity index is 1.49. The lowest BCUT2D eigenvalue weighted by Gasteiger charge is -2.04. The zero-order valence-electron chi connectivity index (χ0n) is 13.6. The molecule has 0 radical (unpaired) electrons. The molecule has 0 saturated carbocycles. The van der Waals surface area contributed by atoms with Gasteiger partial charge in [0, 0.05) is 16.3 Å². The fraction of sp³-hybridized carbons (Fsp3) is 0.0526. The largest absolute Gasteiger partial charge is 0.455 e. The molecule has 0 unspecified atom stereocenters. The van der Waals surface area contributed by atoms with E-state index in [1.165, 1.54) is 18.3 Å². The maximum Gasteiger partial charge on any atom is 0.259 e. The van der Waals surface area contributed by atoms with Crippen molar-refractivity contribution in [3.63, 3.8) is 0 Å². The van der Waals surface area contributed by atoms with E-state index in [0.29, 0.717) is 22.2 Å². The first-order valence-electron chi connectivity index (χ1n) is 7.77. The summed E-state index contributed by atoms with van der Waals surface area (Å²) in [5, 5.41) is 7.37. The third kappa shape index (κ3) is 4.94. The van der Waals surface area contributed by atoms with Crippen LogP contribution in [0.1, 0.15) is 5.76 Å². The fourth-order valence-corrected chi connectivity index (χ4v) is 2.28. The Kier molecular flexibility index (Phi) is 5.66. The Hall–Kier alpha value is -3.12. The van der Waals surface area contributed by atoms with Crippen LogP contribution in [0.5, 0.6) is 0 Å². The van der Waals surface area contributed by atoms with Crippen LogP contribution < -0.4 is 10.7 Å². The van der Waals surface area contributed by atoms with Gasteiger partial charge in [0.25, 0.3) is 5.91 Å². The normalized spacial score (nSPS) is 10.8. The molecule has 0 fully saturated rings. The number of anilines is 1. The van der Waals surface area contributed by atoms with Crippen molar-refractivity contribution < 1.29 is 13.6 Å². The van der Waals surface area contributed by atoms with Crippen LogP contribution in [0, 0.1) is 5.82 Å². The highest BCUT2D eigenvalue weighted by atomic mass is 35.5. The number of carbonyl (C=O) groups is 1. The molecule has 132 valence electrons. The molecule has 0 bridgehead atoms. The molecule has 3 aromatic rings. The summed E-state index contributed by atoms with van der Waals surface area (Å²) < 4.78 is 18.4. The van der Waals surface area contributed by atoms with E-state index < -0.39 is 0 Å². The van der Waals surface area contributed by atoms with E-state index in [2.05, 4.69) is 15.8 Å². The zero-order valence-corrected chi connectivity index (χ0v) is 14.3. The van der Waals surface area contributed by atoms with Gasteiger partial charge >= 0.3 is 0 Å². The molecule has 2 N–H and O–H groups in total. The van der Waals surface area contributed by atoms with E-state index in [1.54, 1.807) is 30.3 Å². The van der Waals surface area contributed by atoms with Crippen LogP contribution >= 0.6 is 11.6 Å². The van der Waals surface area contributed by atoms with Crippen molar-refractivity contribution in [3.05, 3.63) is 77.3 Å². The van der Waals surface area contributed by atoms with Gasteiger partial charge in [-0.2, -0.15) is 5.10 Å². The second-order valence-corrected chi connectivity index (χ2v) is 5.80. The Morgan fingerprint density at radius 2 is 1.81 bits per heavy atom. The van der Waals surface area contributed by atoms with Gasteiger partial charge < -0.3 is 9.73 Å². The van der Waals surface area contributed by atoms with Gasteiger partial charge in [0.1, 0.15) is 17.3 Å². The predicted molar refractivity (Wildman–Crippen MR) is 99.8 cm³/mol. The van der Waals surface area contributed by atoms with E-state index in [9.17, 15) is 9.18 Å². The second-order valence-electron chi connectivity index (χ2n) is 5.36.